The Kier molecular flexibility index (Phi) is 6.71. The van der Waals surface area contributed by atoms with Crippen LogP contribution in [-0.2, 0) is 4.79 Å². The maximum Gasteiger partial charge on any atom is 0.270 e. The molecule has 2 unspecified atom stereocenters. The van der Waals surface area contributed by atoms with Crippen LogP contribution in [0.2, 0.25) is 10.0 Å². The number of nitrogens with zero attached hydrogens (tertiary/aromatic N) is 1. The van der Waals surface area contributed by atoms with Crippen molar-refractivity contribution in [2.24, 2.45) is 10.8 Å². The van der Waals surface area contributed by atoms with Crippen molar-refractivity contribution in [3.8, 4) is 5.75 Å². The predicted octanol–water partition coefficient (Wildman–Crippen LogP) is 6.20. The Labute approximate surface area is 211 Å². The Morgan fingerprint density at radius 1 is 1.09 bits per heavy atom. The first kappa shape index (κ1) is 24.6. The summed E-state index contributed by atoms with van der Waals surface area (Å²) >= 11 is 12.2. The van der Waals surface area contributed by atoms with Gasteiger partial charge in [-0.2, -0.15) is 0 Å². The predicted molar refractivity (Wildman–Crippen MR) is 136 cm³/mol. The smallest absolute Gasteiger partial charge is 0.270 e. The van der Waals surface area contributed by atoms with E-state index in [0.29, 0.717) is 17.3 Å². The first-order chi connectivity index (χ1) is 16.0. The summed E-state index contributed by atoms with van der Waals surface area (Å²) in [5.41, 5.74) is 1.51. The van der Waals surface area contributed by atoms with Crippen LogP contribution in [0.4, 0.5) is 0 Å². The van der Waals surface area contributed by atoms with Crippen molar-refractivity contribution in [1.29, 1.82) is 0 Å². The number of halogens is 2. The zero-order valence-corrected chi connectivity index (χ0v) is 21.5. The fourth-order valence-corrected chi connectivity index (χ4v) is 6.23. The van der Waals surface area contributed by atoms with Crippen molar-refractivity contribution < 1.29 is 14.3 Å². The van der Waals surface area contributed by atoms with Gasteiger partial charge in [0, 0.05) is 17.6 Å². The molecule has 1 N–H and O–H groups in total. The van der Waals surface area contributed by atoms with Crippen LogP contribution in [0.25, 0.3) is 6.08 Å². The van der Waals surface area contributed by atoms with E-state index in [-0.39, 0.29) is 39.1 Å². The van der Waals surface area contributed by atoms with Crippen LogP contribution >= 0.6 is 23.2 Å². The molecule has 1 aliphatic carbocycles. The second kappa shape index (κ2) is 9.27. The van der Waals surface area contributed by atoms with Crippen LogP contribution in [0.3, 0.4) is 0 Å². The number of hydrogen-bond acceptors (Lipinski definition) is 3. The highest BCUT2D eigenvalue weighted by Crippen LogP contribution is 2.52. The minimum Gasteiger partial charge on any atom is -0.497 e. The summed E-state index contributed by atoms with van der Waals surface area (Å²) in [5.74, 6) is 0.0784. The van der Waals surface area contributed by atoms with Gasteiger partial charge < -0.3 is 15.0 Å². The Bertz CT molecular complexity index is 1140. The van der Waals surface area contributed by atoms with Gasteiger partial charge in [0.15, 0.2) is 0 Å². The summed E-state index contributed by atoms with van der Waals surface area (Å²) < 4.78 is 5.23. The lowest BCUT2D eigenvalue weighted by molar-refractivity contribution is -0.128. The molecule has 2 atom stereocenters. The molecule has 1 heterocycles. The van der Waals surface area contributed by atoms with Gasteiger partial charge in [-0.25, -0.2) is 0 Å². The second-order valence-electron chi connectivity index (χ2n) is 10.6. The van der Waals surface area contributed by atoms with Crippen LogP contribution in [0.5, 0.6) is 5.75 Å². The van der Waals surface area contributed by atoms with Crippen LogP contribution in [0.15, 0.2) is 48.2 Å². The molecule has 180 valence electrons. The molecule has 4 rings (SSSR count). The van der Waals surface area contributed by atoms with Gasteiger partial charge in [-0.15, -0.1) is 0 Å². The van der Waals surface area contributed by atoms with E-state index in [0.717, 1.165) is 24.8 Å². The summed E-state index contributed by atoms with van der Waals surface area (Å²) in [6.45, 7) is 7.47. The molecule has 5 nitrogen and oxygen atoms in total. The number of benzene rings is 2. The van der Waals surface area contributed by atoms with Gasteiger partial charge in [0.05, 0.1) is 17.7 Å². The third kappa shape index (κ3) is 5.26. The average molecular weight is 501 g/mol. The molecule has 1 saturated heterocycles. The van der Waals surface area contributed by atoms with E-state index in [4.69, 9.17) is 27.9 Å². The topological polar surface area (TPSA) is 58.6 Å². The number of carbonyl (C=O) groups is 2. The number of fused-ring (bicyclic) bond motifs is 2. The van der Waals surface area contributed by atoms with E-state index in [1.54, 1.807) is 25.3 Å². The first-order valence-electron chi connectivity index (χ1n) is 11.4. The lowest BCUT2D eigenvalue weighted by Crippen LogP contribution is -2.42. The van der Waals surface area contributed by atoms with Crippen LogP contribution < -0.4 is 10.1 Å². The highest BCUT2D eigenvalue weighted by molar-refractivity contribution is 6.36. The van der Waals surface area contributed by atoms with E-state index in [1.165, 1.54) is 6.07 Å². The molecule has 1 saturated carbocycles. The molecular weight excluding hydrogens is 471 g/mol. The third-order valence-corrected chi connectivity index (χ3v) is 7.30. The molecule has 2 amide bonds. The summed E-state index contributed by atoms with van der Waals surface area (Å²) in [7, 11) is 1.60. The quantitative estimate of drug-likeness (QED) is 0.497. The zero-order chi connectivity index (χ0) is 24.7. The minimum absolute atomic E-state index is 0.0802. The SMILES string of the molecule is COc1ccc(/C=C(/NC(=O)c2ccc(Cl)cc2Cl)C(=O)N2CC3(C)CC2CC(C)(C)C3)cc1. The molecule has 1 aliphatic heterocycles. The average Bonchev–Trinajstić information content (AvgIpc) is 3.01. The number of methoxy groups -OCH3 is 1. The van der Waals surface area contributed by atoms with Crippen LogP contribution in [-0.4, -0.2) is 36.4 Å². The fraction of sp³-hybridized carbons (Fsp3) is 0.407. The Morgan fingerprint density at radius 3 is 2.44 bits per heavy atom. The van der Waals surface area contributed by atoms with Crippen molar-refractivity contribution in [1.82, 2.24) is 10.2 Å². The number of likely N-dealkylation sites (tertiary alicyclic amines) is 1. The standard InChI is InChI=1S/C27H30Cl2N2O3/c1-26(2)13-19-14-27(3,15-26)16-31(19)25(33)23(11-17-5-8-20(34-4)9-6-17)30-24(32)21-10-7-18(28)12-22(21)29/h5-12,19H,13-16H2,1-4H3,(H,30,32)/b23-11+. The van der Waals surface area contributed by atoms with Crippen molar-refractivity contribution >= 4 is 41.1 Å². The summed E-state index contributed by atoms with van der Waals surface area (Å²) in [4.78, 5) is 28.9. The minimum atomic E-state index is -0.455. The Balaban J connectivity index is 1.66. The molecule has 7 heteroatoms. The lowest BCUT2D eigenvalue weighted by Gasteiger charge is -2.39. The lowest BCUT2D eigenvalue weighted by atomic mass is 9.65. The molecular formula is C27H30Cl2N2O3. The number of rotatable bonds is 5. The van der Waals surface area contributed by atoms with Crippen molar-refractivity contribution in [3.05, 3.63) is 69.3 Å². The van der Waals surface area contributed by atoms with Gasteiger partial charge in [-0.1, -0.05) is 56.1 Å². The fourth-order valence-electron chi connectivity index (χ4n) is 5.73. The molecule has 2 aliphatic rings. The molecule has 2 aromatic rings. The van der Waals surface area contributed by atoms with E-state index < -0.39 is 5.91 Å². The van der Waals surface area contributed by atoms with Gasteiger partial charge in [-0.3, -0.25) is 9.59 Å². The molecule has 0 radical (unpaired) electrons. The maximum absolute atomic E-state index is 13.8. The number of nitrogens with one attached hydrogen (secondary N) is 1. The van der Waals surface area contributed by atoms with Gasteiger partial charge in [0.1, 0.15) is 11.4 Å². The van der Waals surface area contributed by atoms with E-state index in [9.17, 15) is 9.59 Å². The van der Waals surface area contributed by atoms with E-state index in [1.807, 2.05) is 29.2 Å². The molecule has 2 aromatic carbocycles. The largest absolute Gasteiger partial charge is 0.497 e. The van der Waals surface area contributed by atoms with Gasteiger partial charge in [0.2, 0.25) is 0 Å². The number of hydrogen-bond donors (Lipinski definition) is 1. The molecule has 0 aromatic heterocycles. The monoisotopic (exact) mass is 500 g/mol. The maximum atomic E-state index is 13.8. The molecule has 34 heavy (non-hydrogen) atoms. The zero-order valence-electron chi connectivity index (χ0n) is 20.0. The highest BCUT2D eigenvalue weighted by Gasteiger charge is 2.51. The molecule has 2 fully saturated rings. The van der Waals surface area contributed by atoms with Crippen LogP contribution in [0.1, 0.15) is 56.0 Å². The number of amides is 2. The molecule has 2 bridgehead atoms. The van der Waals surface area contributed by atoms with Gasteiger partial charge in [-0.05, 0) is 72.1 Å². The van der Waals surface area contributed by atoms with Gasteiger partial charge >= 0.3 is 0 Å². The highest BCUT2D eigenvalue weighted by atomic mass is 35.5. The van der Waals surface area contributed by atoms with Crippen molar-refractivity contribution in [2.45, 2.75) is 46.1 Å². The Morgan fingerprint density at radius 2 is 1.79 bits per heavy atom. The summed E-state index contributed by atoms with van der Waals surface area (Å²) in [5, 5.41) is 3.50. The van der Waals surface area contributed by atoms with E-state index in [2.05, 4.69) is 26.1 Å². The third-order valence-electron chi connectivity index (χ3n) is 6.76. The summed E-state index contributed by atoms with van der Waals surface area (Å²) in [6.07, 6.45) is 4.71. The Hall–Kier alpha value is -2.50. The van der Waals surface area contributed by atoms with Crippen LogP contribution in [0, 0.1) is 10.8 Å². The number of carbonyl (C=O) groups excluding carboxylic acids is 2. The normalized spacial score (nSPS) is 23.5. The number of ether oxygens (including phenoxy) is 1. The van der Waals surface area contributed by atoms with Gasteiger partial charge in [0.25, 0.3) is 11.8 Å². The van der Waals surface area contributed by atoms with Crippen molar-refractivity contribution in [2.75, 3.05) is 13.7 Å². The first-order valence-corrected chi connectivity index (χ1v) is 12.2. The summed E-state index contributed by atoms with van der Waals surface area (Å²) in [6, 6.07) is 12.2. The van der Waals surface area contributed by atoms with Crippen molar-refractivity contribution in [3.63, 3.8) is 0 Å². The second-order valence-corrected chi connectivity index (χ2v) is 11.4. The van der Waals surface area contributed by atoms with E-state index >= 15 is 0 Å². The molecule has 0 spiro atoms.